The lowest BCUT2D eigenvalue weighted by atomic mass is 10.1. The summed E-state index contributed by atoms with van der Waals surface area (Å²) >= 11 is 0. The lowest BCUT2D eigenvalue weighted by Gasteiger charge is -2.27. The fourth-order valence-corrected chi connectivity index (χ4v) is 2.29. The van der Waals surface area contributed by atoms with Crippen molar-refractivity contribution in [2.75, 3.05) is 32.2 Å². The van der Waals surface area contributed by atoms with Crippen molar-refractivity contribution >= 4 is 5.69 Å². The van der Waals surface area contributed by atoms with E-state index in [-0.39, 0.29) is 17.6 Å². The van der Waals surface area contributed by atoms with E-state index in [9.17, 15) is 4.39 Å². The fourth-order valence-electron chi connectivity index (χ4n) is 2.29. The van der Waals surface area contributed by atoms with Gasteiger partial charge in [0.15, 0.2) is 11.6 Å². The number of benzene rings is 1. The standard InChI is InChI=1S/C14H21FN2O2/c1-10(7-12-9-19-6-5-16-12)17-11-3-4-13(15)14(8-11)18-2/h3-4,8,10,12,16-17H,5-7,9H2,1-2H3. The van der Waals surface area contributed by atoms with Crippen LogP contribution in [0.3, 0.4) is 0 Å². The van der Waals surface area contributed by atoms with E-state index in [1.165, 1.54) is 13.2 Å². The van der Waals surface area contributed by atoms with Gasteiger partial charge < -0.3 is 20.1 Å². The summed E-state index contributed by atoms with van der Waals surface area (Å²) in [7, 11) is 1.47. The van der Waals surface area contributed by atoms with Gasteiger partial charge in [-0.15, -0.1) is 0 Å². The number of nitrogens with one attached hydrogen (secondary N) is 2. The predicted molar refractivity (Wildman–Crippen MR) is 73.3 cm³/mol. The Hall–Kier alpha value is -1.33. The highest BCUT2D eigenvalue weighted by molar-refractivity contribution is 5.49. The maximum absolute atomic E-state index is 13.3. The van der Waals surface area contributed by atoms with Crippen LogP contribution >= 0.6 is 0 Å². The van der Waals surface area contributed by atoms with Crippen molar-refractivity contribution in [1.29, 1.82) is 0 Å². The molecule has 0 saturated carbocycles. The average Bonchev–Trinajstić information content (AvgIpc) is 2.42. The minimum Gasteiger partial charge on any atom is -0.494 e. The first-order valence-electron chi connectivity index (χ1n) is 6.60. The molecule has 2 unspecified atom stereocenters. The van der Waals surface area contributed by atoms with Gasteiger partial charge in [0.25, 0.3) is 0 Å². The van der Waals surface area contributed by atoms with Gasteiger partial charge in [-0.1, -0.05) is 0 Å². The lowest BCUT2D eigenvalue weighted by molar-refractivity contribution is 0.0731. The molecule has 0 radical (unpaired) electrons. The van der Waals surface area contributed by atoms with Gasteiger partial charge >= 0.3 is 0 Å². The summed E-state index contributed by atoms with van der Waals surface area (Å²) in [6.45, 7) is 4.54. The zero-order chi connectivity index (χ0) is 13.7. The lowest BCUT2D eigenvalue weighted by Crippen LogP contribution is -2.43. The molecule has 1 saturated heterocycles. The van der Waals surface area contributed by atoms with Gasteiger partial charge in [-0.2, -0.15) is 0 Å². The number of anilines is 1. The summed E-state index contributed by atoms with van der Waals surface area (Å²) in [5, 5.41) is 6.77. The largest absolute Gasteiger partial charge is 0.494 e. The van der Waals surface area contributed by atoms with E-state index in [1.54, 1.807) is 12.1 Å². The van der Waals surface area contributed by atoms with Crippen molar-refractivity contribution < 1.29 is 13.9 Å². The second-order valence-corrected chi connectivity index (χ2v) is 4.86. The van der Waals surface area contributed by atoms with E-state index in [0.29, 0.717) is 6.04 Å². The van der Waals surface area contributed by atoms with Gasteiger partial charge in [-0.05, 0) is 25.5 Å². The highest BCUT2D eigenvalue weighted by Crippen LogP contribution is 2.22. The van der Waals surface area contributed by atoms with Crippen molar-refractivity contribution in [1.82, 2.24) is 5.32 Å². The highest BCUT2D eigenvalue weighted by Gasteiger charge is 2.16. The molecule has 106 valence electrons. The molecule has 2 atom stereocenters. The molecule has 2 N–H and O–H groups in total. The molecular weight excluding hydrogens is 247 g/mol. The second kappa shape index (κ2) is 6.73. The van der Waals surface area contributed by atoms with Gasteiger partial charge in [0.1, 0.15) is 0 Å². The number of hydrogen-bond donors (Lipinski definition) is 2. The van der Waals surface area contributed by atoms with E-state index < -0.39 is 0 Å². The summed E-state index contributed by atoms with van der Waals surface area (Å²) in [5.74, 6) is -0.0839. The van der Waals surface area contributed by atoms with E-state index in [0.717, 1.165) is 31.9 Å². The van der Waals surface area contributed by atoms with Crippen LogP contribution in [0, 0.1) is 5.82 Å². The summed E-state index contributed by atoms with van der Waals surface area (Å²) in [6.07, 6.45) is 0.958. The fraction of sp³-hybridized carbons (Fsp3) is 0.571. The van der Waals surface area contributed by atoms with Crippen molar-refractivity contribution in [2.45, 2.75) is 25.4 Å². The third-order valence-corrected chi connectivity index (χ3v) is 3.20. The van der Waals surface area contributed by atoms with E-state index >= 15 is 0 Å². The van der Waals surface area contributed by atoms with Crippen LogP contribution in [0.4, 0.5) is 10.1 Å². The number of morpholine rings is 1. The monoisotopic (exact) mass is 268 g/mol. The molecule has 0 spiro atoms. The van der Waals surface area contributed by atoms with Crippen LogP contribution in [-0.2, 0) is 4.74 Å². The maximum atomic E-state index is 13.3. The zero-order valence-corrected chi connectivity index (χ0v) is 11.4. The van der Waals surface area contributed by atoms with Crippen LogP contribution in [0.5, 0.6) is 5.75 Å². The Morgan fingerprint density at radius 2 is 2.42 bits per heavy atom. The summed E-state index contributed by atoms with van der Waals surface area (Å²) < 4.78 is 23.7. The van der Waals surface area contributed by atoms with Gasteiger partial charge in [-0.25, -0.2) is 4.39 Å². The molecule has 0 aromatic heterocycles. The van der Waals surface area contributed by atoms with Crippen LogP contribution in [0.2, 0.25) is 0 Å². The third kappa shape index (κ3) is 4.08. The average molecular weight is 268 g/mol. The molecule has 5 heteroatoms. The predicted octanol–water partition coefficient (Wildman–Crippen LogP) is 2.01. The molecule has 0 amide bonds. The third-order valence-electron chi connectivity index (χ3n) is 3.20. The minimum atomic E-state index is -0.344. The Morgan fingerprint density at radius 3 is 3.11 bits per heavy atom. The van der Waals surface area contributed by atoms with Crippen LogP contribution in [-0.4, -0.2) is 39.0 Å². The van der Waals surface area contributed by atoms with Crippen molar-refractivity contribution in [2.24, 2.45) is 0 Å². The summed E-state index contributed by atoms with van der Waals surface area (Å²) in [6, 6.07) is 5.46. The van der Waals surface area contributed by atoms with Gasteiger partial charge in [-0.3, -0.25) is 0 Å². The Labute approximate surface area is 113 Å². The normalized spacial score (nSPS) is 20.9. The number of rotatable bonds is 5. The molecule has 1 aromatic rings. The molecule has 1 aromatic carbocycles. The van der Waals surface area contributed by atoms with Crippen LogP contribution in [0.1, 0.15) is 13.3 Å². The molecule has 0 aliphatic carbocycles. The van der Waals surface area contributed by atoms with Crippen molar-refractivity contribution in [3.63, 3.8) is 0 Å². The number of halogens is 1. The Morgan fingerprint density at radius 1 is 1.58 bits per heavy atom. The van der Waals surface area contributed by atoms with Gasteiger partial charge in [0.05, 0.1) is 20.3 Å². The van der Waals surface area contributed by atoms with Crippen LogP contribution in [0.25, 0.3) is 0 Å². The van der Waals surface area contributed by atoms with Crippen LogP contribution < -0.4 is 15.4 Å². The smallest absolute Gasteiger partial charge is 0.165 e. The molecule has 0 bridgehead atoms. The number of methoxy groups -OCH3 is 1. The maximum Gasteiger partial charge on any atom is 0.165 e. The van der Waals surface area contributed by atoms with Crippen LogP contribution in [0.15, 0.2) is 18.2 Å². The van der Waals surface area contributed by atoms with E-state index in [1.807, 2.05) is 0 Å². The molecule has 1 aliphatic heterocycles. The molecule has 4 nitrogen and oxygen atoms in total. The van der Waals surface area contributed by atoms with Crippen molar-refractivity contribution in [3.8, 4) is 5.75 Å². The molecule has 1 heterocycles. The Balaban J connectivity index is 1.88. The van der Waals surface area contributed by atoms with Crippen molar-refractivity contribution in [3.05, 3.63) is 24.0 Å². The quantitative estimate of drug-likeness (QED) is 0.857. The number of hydrogen-bond acceptors (Lipinski definition) is 4. The number of ether oxygens (including phenoxy) is 2. The molecule has 1 aliphatic rings. The van der Waals surface area contributed by atoms with Gasteiger partial charge in [0, 0.05) is 30.4 Å². The zero-order valence-electron chi connectivity index (χ0n) is 11.4. The second-order valence-electron chi connectivity index (χ2n) is 4.86. The molecule has 1 fully saturated rings. The van der Waals surface area contributed by atoms with E-state index in [2.05, 4.69) is 17.6 Å². The summed E-state index contributed by atoms with van der Waals surface area (Å²) in [4.78, 5) is 0. The first kappa shape index (κ1) is 14.1. The first-order chi connectivity index (χ1) is 9.19. The molecule has 19 heavy (non-hydrogen) atoms. The highest BCUT2D eigenvalue weighted by atomic mass is 19.1. The van der Waals surface area contributed by atoms with Gasteiger partial charge in [0.2, 0.25) is 0 Å². The Kier molecular flexibility index (Phi) is 4.99. The first-order valence-corrected chi connectivity index (χ1v) is 6.60. The molecule has 2 rings (SSSR count). The Bertz CT molecular complexity index is 408. The SMILES string of the molecule is COc1cc(NC(C)CC2COCCN2)ccc1F. The summed E-state index contributed by atoms with van der Waals surface area (Å²) in [5.41, 5.74) is 0.863. The van der Waals surface area contributed by atoms with E-state index in [4.69, 9.17) is 9.47 Å². The topological polar surface area (TPSA) is 42.5 Å². The minimum absolute atomic E-state index is 0.260. The molecular formula is C14H21FN2O2.